The van der Waals surface area contributed by atoms with E-state index in [1.165, 1.54) is 12.1 Å². The number of likely N-dealkylation sites (tertiary alicyclic amines) is 1. The van der Waals surface area contributed by atoms with Crippen LogP contribution in [0, 0.1) is 11.7 Å². The topological polar surface area (TPSA) is 85.2 Å². The lowest BCUT2D eigenvalue weighted by Crippen LogP contribution is -2.45. The van der Waals surface area contributed by atoms with E-state index in [4.69, 9.17) is 10.3 Å². The van der Waals surface area contributed by atoms with Crippen LogP contribution < -0.4 is 5.73 Å². The number of piperidine rings is 1. The molecule has 0 aliphatic carbocycles. The number of nitrogens with zero attached hydrogens (tertiary/aromatic N) is 3. The summed E-state index contributed by atoms with van der Waals surface area (Å²) < 4.78 is 18.2. The minimum absolute atomic E-state index is 0. The minimum atomic E-state index is -0.306. The second-order valence-corrected chi connectivity index (χ2v) is 6.97. The standard InChI is InChI=1S/C19H25FN4O2.ClH/c1-13(21)15-4-3-11-24(12-15)18(25)6-2-5-17-22-19(23-26-17)14-7-9-16(20)10-8-14;/h7-10,13,15H,2-6,11-12,21H2,1H3;1H. The van der Waals surface area contributed by atoms with Gasteiger partial charge in [0.25, 0.3) is 0 Å². The molecular weight excluding hydrogens is 371 g/mol. The average molecular weight is 397 g/mol. The number of nitrogens with two attached hydrogens (primary N) is 1. The van der Waals surface area contributed by atoms with Crippen molar-refractivity contribution < 1.29 is 13.7 Å². The maximum absolute atomic E-state index is 13.0. The molecule has 1 aromatic heterocycles. The summed E-state index contributed by atoms with van der Waals surface area (Å²) in [7, 11) is 0. The van der Waals surface area contributed by atoms with Gasteiger partial charge in [-0.25, -0.2) is 4.39 Å². The van der Waals surface area contributed by atoms with Crippen molar-refractivity contribution >= 4 is 18.3 Å². The molecule has 2 aromatic rings. The Morgan fingerprint density at radius 2 is 2.15 bits per heavy atom. The molecule has 2 N–H and O–H groups in total. The monoisotopic (exact) mass is 396 g/mol. The molecule has 0 spiro atoms. The van der Waals surface area contributed by atoms with E-state index in [9.17, 15) is 9.18 Å². The molecule has 1 amide bonds. The Morgan fingerprint density at radius 3 is 2.85 bits per heavy atom. The quantitative estimate of drug-likeness (QED) is 0.810. The van der Waals surface area contributed by atoms with Gasteiger partial charge in [-0.15, -0.1) is 12.4 Å². The van der Waals surface area contributed by atoms with Crippen molar-refractivity contribution in [3.05, 3.63) is 36.0 Å². The van der Waals surface area contributed by atoms with Crippen molar-refractivity contribution in [3.63, 3.8) is 0 Å². The van der Waals surface area contributed by atoms with E-state index in [0.717, 1.165) is 25.9 Å². The van der Waals surface area contributed by atoms with E-state index in [0.29, 0.717) is 42.5 Å². The first-order chi connectivity index (χ1) is 12.5. The number of carbonyl (C=O) groups is 1. The Kier molecular flexibility index (Phi) is 7.74. The van der Waals surface area contributed by atoms with Crippen LogP contribution in [0.25, 0.3) is 11.4 Å². The molecule has 0 bridgehead atoms. The van der Waals surface area contributed by atoms with Gasteiger partial charge in [-0.3, -0.25) is 4.79 Å². The molecule has 1 aliphatic rings. The van der Waals surface area contributed by atoms with Crippen molar-refractivity contribution in [3.8, 4) is 11.4 Å². The summed E-state index contributed by atoms with van der Waals surface area (Å²) in [5.41, 5.74) is 6.68. The van der Waals surface area contributed by atoms with Crippen LogP contribution in [0.1, 0.15) is 38.5 Å². The first-order valence-corrected chi connectivity index (χ1v) is 9.15. The molecule has 1 aliphatic heterocycles. The number of rotatable bonds is 6. The first-order valence-electron chi connectivity index (χ1n) is 9.15. The van der Waals surface area contributed by atoms with E-state index in [2.05, 4.69) is 10.1 Å². The maximum Gasteiger partial charge on any atom is 0.226 e. The highest BCUT2D eigenvalue weighted by Crippen LogP contribution is 2.20. The molecule has 27 heavy (non-hydrogen) atoms. The van der Waals surface area contributed by atoms with E-state index >= 15 is 0 Å². The number of amides is 1. The first kappa shape index (κ1) is 21.3. The summed E-state index contributed by atoms with van der Waals surface area (Å²) in [6, 6.07) is 6.06. The number of benzene rings is 1. The SMILES string of the molecule is CC(N)C1CCCN(C(=O)CCCc2nc(-c3ccc(F)cc3)no2)C1.Cl. The predicted molar refractivity (Wildman–Crippen MR) is 103 cm³/mol. The maximum atomic E-state index is 13.0. The highest BCUT2D eigenvalue weighted by molar-refractivity contribution is 5.85. The van der Waals surface area contributed by atoms with Crippen LogP contribution in [-0.4, -0.2) is 40.1 Å². The molecule has 8 heteroatoms. The molecule has 0 saturated carbocycles. The summed E-state index contributed by atoms with van der Waals surface area (Å²) >= 11 is 0. The number of halogens is 2. The van der Waals surface area contributed by atoms with Gasteiger partial charge in [0.1, 0.15) is 5.82 Å². The number of carbonyl (C=O) groups excluding carboxylic acids is 1. The van der Waals surface area contributed by atoms with Gasteiger partial charge in [0.2, 0.25) is 17.6 Å². The van der Waals surface area contributed by atoms with Gasteiger partial charge in [-0.1, -0.05) is 5.16 Å². The highest BCUT2D eigenvalue weighted by Gasteiger charge is 2.25. The third-order valence-electron chi connectivity index (χ3n) is 4.91. The molecule has 1 aromatic carbocycles. The molecule has 6 nitrogen and oxygen atoms in total. The number of hydrogen-bond donors (Lipinski definition) is 1. The summed E-state index contributed by atoms with van der Waals surface area (Å²) in [5, 5.41) is 3.92. The second-order valence-electron chi connectivity index (χ2n) is 6.97. The fraction of sp³-hybridized carbons (Fsp3) is 0.526. The molecule has 0 radical (unpaired) electrons. The molecule has 2 heterocycles. The van der Waals surface area contributed by atoms with Gasteiger partial charge in [0, 0.05) is 37.5 Å². The molecular formula is C19H26ClFN4O2. The Morgan fingerprint density at radius 1 is 1.41 bits per heavy atom. The Balaban J connectivity index is 0.00000261. The minimum Gasteiger partial charge on any atom is -0.342 e. The number of aromatic nitrogens is 2. The molecule has 2 unspecified atom stereocenters. The fourth-order valence-corrected chi connectivity index (χ4v) is 3.29. The Labute approximate surface area is 164 Å². The molecule has 2 atom stereocenters. The normalized spacial score (nSPS) is 18.0. The molecule has 148 valence electrons. The highest BCUT2D eigenvalue weighted by atomic mass is 35.5. The van der Waals surface area contributed by atoms with Gasteiger partial charge >= 0.3 is 0 Å². The van der Waals surface area contributed by atoms with Crippen molar-refractivity contribution in [1.82, 2.24) is 15.0 Å². The summed E-state index contributed by atoms with van der Waals surface area (Å²) in [4.78, 5) is 18.6. The largest absolute Gasteiger partial charge is 0.342 e. The Bertz CT molecular complexity index is 736. The van der Waals surface area contributed by atoms with Crippen LogP contribution in [0.4, 0.5) is 4.39 Å². The van der Waals surface area contributed by atoms with Crippen molar-refractivity contribution in [2.45, 2.75) is 45.1 Å². The van der Waals surface area contributed by atoms with Gasteiger partial charge < -0.3 is 15.2 Å². The average Bonchev–Trinajstić information content (AvgIpc) is 3.11. The number of aryl methyl sites for hydroxylation is 1. The fourth-order valence-electron chi connectivity index (χ4n) is 3.29. The van der Waals surface area contributed by atoms with Crippen LogP contribution in [-0.2, 0) is 11.2 Å². The molecule has 1 fully saturated rings. The van der Waals surface area contributed by atoms with Crippen molar-refractivity contribution in [2.24, 2.45) is 11.7 Å². The molecule has 1 saturated heterocycles. The van der Waals surface area contributed by atoms with E-state index in [-0.39, 0.29) is 30.2 Å². The van der Waals surface area contributed by atoms with Crippen LogP contribution in [0.3, 0.4) is 0 Å². The van der Waals surface area contributed by atoms with Crippen LogP contribution in [0.15, 0.2) is 28.8 Å². The zero-order valence-electron chi connectivity index (χ0n) is 15.4. The van der Waals surface area contributed by atoms with Crippen molar-refractivity contribution in [1.29, 1.82) is 0 Å². The third kappa shape index (κ3) is 5.74. The van der Waals surface area contributed by atoms with Gasteiger partial charge in [0.15, 0.2) is 0 Å². The van der Waals surface area contributed by atoms with E-state index < -0.39 is 0 Å². The zero-order chi connectivity index (χ0) is 18.5. The third-order valence-corrected chi connectivity index (χ3v) is 4.91. The van der Waals surface area contributed by atoms with Gasteiger partial charge in [-0.05, 0) is 56.4 Å². The summed E-state index contributed by atoms with van der Waals surface area (Å²) in [6.07, 6.45) is 3.77. The van der Waals surface area contributed by atoms with Gasteiger partial charge in [0.05, 0.1) is 0 Å². The van der Waals surface area contributed by atoms with Crippen LogP contribution in [0.2, 0.25) is 0 Å². The lowest BCUT2D eigenvalue weighted by molar-refractivity contribution is -0.133. The predicted octanol–water partition coefficient (Wildman–Crippen LogP) is 3.21. The lowest BCUT2D eigenvalue weighted by atomic mass is 9.92. The van der Waals surface area contributed by atoms with Crippen LogP contribution in [0.5, 0.6) is 0 Å². The van der Waals surface area contributed by atoms with Gasteiger partial charge in [-0.2, -0.15) is 4.98 Å². The second kappa shape index (κ2) is 9.80. The van der Waals surface area contributed by atoms with Crippen LogP contribution >= 0.6 is 12.4 Å². The van der Waals surface area contributed by atoms with Crippen molar-refractivity contribution in [2.75, 3.05) is 13.1 Å². The lowest BCUT2D eigenvalue weighted by Gasteiger charge is -2.34. The zero-order valence-corrected chi connectivity index (χ0v) is 16.3. The summed E-state index contributed by atoms with van der Waals surface area (Å²) in [5.74, 6) is 1.17. The Hall–Kier alpha value is -1.99. The smallest absolute Gasteiger partial charge is 0.226 e. The molecule has 3 rings (SSSR count). The van der Waals surface area contributed by atoms with E-state index in [1.807, 2.05) is 11.8 Å². The van der Waals surface area contributed by atoms with E-state index in [1.54, 1.807) is 12.1 Å². The summed E-state index contributed by atoms with van der Waals surface area (Å²) in [6.45, 7) is 3.58. The number of hydrogen-bond acceptors (Lipinski definition) is 5.